The van der Waals surface area contributed by atoms with E-state index in [4.69, 9.17) is 0 Å². The number of amides is 2. The molecule has 0 spiro atoms. The Kier molecular flexibility index (Phi) is 5.10. The first kappa shape index (κ1) is 19.8. The summed E-state index contributed by atoms with van der Waals surface area (Å²) in [6.45, 7) is 0.105. The minimum Gasteiger partial charge on any atom is -0.344 e. The van der Waals surface area contributed by atoms with Crippen LogP contribution >= 0.6 is 0 Å². The summed E-state index contributed by atoms with van der Waals surface area (Å²) < 4.78 is 65.4. The van der Waals surface area contributed by atoms with E-state index in [0.29, 0.717) is 5.56 Å². The predicted molar refractivity (Wildman–Crippen MR) is 90.3 cm³/mol. The highest BCUT2D eigenvalue weighted by Crippen LogP contribution is 2.36. The fourth-order valence-electron chi connectivity index (χ4n) is 3.22. The van der Waals surface area contributed by atoms with E-state index in [9.17, 15) is 31.5 Å². The topological polar surface area (TPSA) is 49.4 Å². The van der Waals surface area contributed by atoms with Gasteiger partial charge >= 0.3 is 6.18 Å². The summed E-state index contributed by atoms with van der Waals surface area (Å²) in [6, 6.07) is 7.39. The van der Waals surface area contributed by atoms with Gasteiger partial charge in [-0.15, -0.1) is 0 Å². The number of benzene rings is 2. The molecule has 28 heavy (non-hydrogen) atoms. The van der Waals surface area contributed by atoms with Crippen molar-refractivity contribution in [3.63, 3.8) is 0 Å². The van der Waals surface area contributed by atoms with Crippen LogP contribution in [0.4, 0.5) is 27.6 Å². The van der Waals surface area contributed by atoms with E-state index in [-0.39, 0.29) is 6.54 Å². The van der Waals surface area contributed by atoms with Crippen LogP contribution in [0, 0.1) is 17.6 Å². The Balaban J connectivity index is 1.88. The molecule has 4 nitrogen and oxygen atoms in total. The summed E-state index contributed by atoms with van der Waals surface area (Å²) in [6.07, 6.45) is -4.51. The van der Waals surface area contributed by atoms with Gasteiger partial charge < -0.3 is 10.2 Å². The van der Waals surface area contributed by atoms with Gasteiger partial charge in [-0.2, -0.15) is 13.2 Å². The number of anilines is 1. The van der Waals surface area contributed by atoms with Crippen LogP contribution in [-0.2, 0) is 15.8 Å². The number of likely N-dealkylation sites (tertiary alicyclic amines) is 1. The summed E-state index contributed by atoms with van der Waals surface area (Å²) >= 11 is 0. The molecule has 3 rings (SSSR count). The molecule has 1 aliphatic rings. The molecule has 1 aliphatic heterocycles. The molecule has 2 amide bonds. The van der Waals surface area contributed by atoms with Gasteiger partial charge in [-0.3, -0.25) is 9.59 Å². The molecular formula is C19H15F5N2O2. The first-order valence-electron chi connectivity index (χ1n) is 8.26. The fourth-order valence-corrected chi connectivity index (χ4v) is 3.22. The lowest BCUT2D eigenvalue weighted by atomic mass is 9.87. The van der Waals surface area contributed by atoms with Gasteiger partial charge in [0.25, 0.3) is 0 Å². The maximum atomic E-state index is 13.8. The highest BCUT2D eigenvalue weighted by Gasteiger charge is 2.44. The second kappa shape index (κ2) is 7.21. The van der Waals surface area contributed by atoms with Gasteiger partial charge in [0.2, 0.25) is 11.8 Å². The number of nitrogens with zero attached hydrogens (tertiary/aromatic N) is 1. The molecule has 1 fully saturated rings. The molecule has 0 radical (unpaired) electrons. The Bertz CT molecular complexity index is 912. The normalized spacial score (nSPS) is 19.8. The molecule has 0 bridgehead atoms. The third-order valence-corrected chi connectivity index (χ3v) is 4.67. The Morgan fingerprint density at radius 3 is 2.36 bits per heavy atom. The molecule has 2 aromatic carbocycles. The number of rotatable bonds is 3. The second-order valence-electron chi connectivity index (χ2n) is 6.51. The zero-order valence-electron chi connectivity index (χ0n) is 14.6. The van der Waals surface area contributed by atoms with Gasteiger partial charge in [-0.25, -0.2) is 8.78 Å². The molecule has 1 N–H and O–H groups in total. The number of alkyl halides is 3. The van der Waals surface area contributed by atoms with E-state index < -0.39 is 52.7 Å². The van der Waals surface area contributed by atoms with Crippen molar-refractivity contribution in [1.82, 2.24) is 4.90 Å². The number of nitrogens with one attached hydrogen (secondary N) is 1. The quantitative estimate of drug-likeness (QED) is 0.632. The Labute approximate surface area is 156 Å². The standard InChI is InChI=1S/C19H15F5N2O2/c1-26-9-12(10-5-7-11(8-6-10)19(22,23)24)15(18(26)28)17(27)25-14-4-2-3-13(20)16(14)21/h2-8,12,15H,9H2,1H3,(H,25,27). The molecule has 1 saturated heterocycles. The predicted octanol–water partition coefficient (Wildman–Crippen LogP) is 3.79. The van der Waals surface area contributed by atoms with Gasteiger partial charge in [-0.1, -0.05) is 18.2 Å². The molecule has 1 heterocycles. The van der Waals surface area contributed by atoms with Crippen molar-refractivity contribution < 1.29 is 31.5 Å². The van der Waals surface area contributed by atoms with Gasteiger partial charge in [0, 0.05) is 19.5 Å². The van der Waals surface area contributed by atoms with E-state index in [0.717, 1.165) is 24.3 Å². The van der Waals surface area contributed by atoms with Crippen molar-refractivity contribution in [3.8, 4) is 0 Å². The van der Waals surface area contributed by atoms with Crippen LogP contribution in [0.15, 0.2) is 42.5 Å². The smallest absolute Gasteiger partial charge is 0.344 e. The zero-order valence-corrected chi connectivity index (χ0v) is 14.6. The van der Waals surface area contributed by atoms with Crippen molar-refractivity contribution in [1.29, 1.82) is 0 Å². The molecule has 148 valence electrons. The highest BCUT2D eigenvalue weighted by atomic mass is 19.4. The van der Waals surface area contributed by atoms with Gasteiger partial charge in [0.05, 0.1) is 11.3 Å². The molecular weight excluding hydrogens is 383 g/mol. The van der Waals surface area contributed by atoms with E-state index in [1.54, 1.807) is 0 Å². The summed E-state index contributed by atoms with van der Waals surface area (Å²) in [7, 11) is 1.45. The lowest BCUT2D eigenvalue weighted by Crippen LogP contribution is -2.33. The van der Waals surface area contributed by atoms with E-state index in [1.807, 2.05) is 0 Å². The average molecular weight is 398 g/mol. The molecule has 2 atom stereocenters. The molecule has 0 saturated carbocycles. The number of hydrogen-bond acceptors (Lipinski definition) is 2. The minimum absolute atomic E-state index is 0.105. The summed E-state index contributed by atoms with van der Waals surface area (Å²) in [5, 5.41) is 2.20. The largest absolute Gasteiger partial charge is 0.416 e. The molecule has 0 aromatic heterocycles. The van der Waals surface area contributed by atoms with Crippen molar-refractivity contribution in [3.05, 3.63) is 65.2 Å². The maximum Gasteiger partial charge on any atom is 0.416 e. The van der Waals surface area contributed by atoms with Gasteiger partial charge in [-0.05, 0) is 29.8 Å². The average Bonchev–Trinajstić information content (AvgIpc) is 2.93. The zero-order chi connectivity index (χ0) is 20.6. The van der Waals surface area contributed by atoms with E-state index in [1.165, 1.54) is 30.1 Å². The molecule has 9 heteroatoms. The minimum atomic E-state index is -4.51. The number of carbonyl (C=O) groups is 2. The Morgan fingerprint density at radius 1 is 1.11 bits per heavy atom. The van der Waals surface area contributed by atoms with Crippen molar-refractivity contribution >= 4 is 17.5 Å². The second-order valence-corrected chi connectivity index (χ2v) is 6.51. The Hall–Kier alpha value is -2.97. The monoisotopic (exact) mass is 398 g/mol. The number of carbonyl (C=O) groups excluding carboxylic acids is 2. The van der Waals surface area contributed by atoms with Crippen LogP contribution in [0.1, 0.15) is 17.0 Å². The third-order valence-electron chi connectivity index (χ3n) is 4.67. The van der Waals surface area contributed by atoms with Crippen LogP contribution in [-0.4, -0.2) is 30.3 Å². The van der Waals surface area contributed by atoms with E-state index >= 15 is 0 Å². The molecule has 0 aliphatic carbocycles. The molecule has 2 aromatic rings. The van der Waals surface area contributed by atoms with Crippen LogP contribution in [0.2, 0.25) is 0 Å². The summed E-state index contributed by atoms with van der Waals surface area (Å²) in [5.41, 5.74) is -0.902. The van der Waals surface area contributed by atoms with Crippen molar-refractivity contribution in [2.45, 2.75) is 12.1 Å². The van der Waals surface area contributed by atoms with Crippen LogP contribution in [0.5, 0.6) is 0 Å². The highest BCUT2D eigenvalue weighted by molar-refractivity contribution is 6.08. The SMILES string of the molecule is CN1CC(c2ccc(C(F)(F)F)cc2)C(C(=O)Nc2cccc(F)c2F)C1=O. The lowest BCUT2D eigenvalue weighted by Gasteiger charge is -2.18. The maximum absolute atomic E-state index is 13.8. The van der Waals surface area contributed by atoms with Crippen molar-refractivity contribution in [2.24, 2.45) is 5.92 Å². The Morgan fingerprint density at radius 2 is 1.75 bits per heavy atom. The third kappa shape index (κ3) is 3.69. The van der Waals surface area contributed by atoms with Crippen LogP contribution in [0.25, 0.3) is 0 Å². The first-order valence-corrected chi connectivity index (χ1v) is 8.26. The number of halogens is 5. The number of hydrogen-bond donors (Lipinski definition) is 1. The van der Waals surface area contributed by atoms with Crippen LogP contribution < -0.4 is 5.32 Å². The molecule has 2 unspecified atom stereocenters. The fraction of sp³-hybridized carbons (Fsp3) is 0.263. The first-order chi connectivity index (χ1) is 13.1. The van der Waals surface area contributed by atoms with Gasteiger partial charge in [0.15, 0.2) is 11.6 Å². The van der Waals surface area contributed by atoms with Gasteiger partial charge in [0.1, 0.15) is 5.92 Å². The summed E-state index contributed by atoms with van der Waals surface area (Å²) in [5.74, 6) is -5.84. The summed E-state index contributed by atoms with van der Waals surface area (Å²) in [4.78, 5) is 26.3. The van der Waals surface area contributed by atoms with Crippen LogP contribution in [0.3, 0.4) is 0 Å². The van der Waals surface area contributed by atoms with E-state index in [2.05, 4.69) is 5.32 Å². The van der Waals surface area contributed by atoms with Crippen molar-refractivity contribution in [2.75, 3.05) is 18.9 Å². The number of likely N-dealkylation sites (N-methyl/N-ethyl adjacent to an activating group) is 1. The lowest BCUT2D eigenvalue weighted by molar-refractivity contribution is -0.138.